The maximum Gasteiger partial charge on any atom is 0.218 e. The minimum atomic E-state index is -0.290. The van der Waals surface area contributed by atoms with Gasteiger partial charge in [-0.1, -0.05) is 0 Å². The Morgan fingerprint density at radius 1 is 1.67 bits per heavy atom. The summed E-state index contributed by atoms with van der Waals surface area (Å²) in [6.45, 7) is 3.95. The Morgan fingerprint density at radius 3 is 2.80 bits per heavy atom. The number of aromatic nitrogens is 2. The molecule has 0 radical (unpaired) electrons. The molecule has 84 valence electrons. The highest BCUT2D eigenvalue weighted by Crippen LogP contribution is 2.09. The highest BCUT2D eigenvalue weighted by atomic mass is 16.1. The van der Waals surface area contributed by atoms with Crippen molar-refractivity contribution >= 4 is 5.91 Å². The molecule has 1 aromatic rings. The summed E-state index contributed by atoms with van der Waals surface area (Å²) in [5, 5.41) is 3.27. The Morgan fingerprint density at radius 2 is 2.33 bits per heavy atom. The molecule has 0 aliphatic heterocycles. The summed E-state index contributed by atoms with van der Waals surface area (Å²) in [5.74, 6) is 0.661. The zero-order valence-electron chi connectivity index (χ0n) is 9.40. The van der Waals surface area contributed by atoms with Gasteiger partial charge in [-0.25, -0.2) is 4.98 Å². The number of primary amides is 1. The van der Waals surface area contributed by atoms with Crippen LogP contribution in [-0.4, -0.2) is 21.5 Å². The van der Waals surface area contributed by atoms with Gasteiger partial charge in [-0.3, -0.25) is 4.79 Å². The fourth-order valence-corrected chi connectivity index (χ4v) is 1.66. The van der Waals surface area contributed by atoms with Crippen LogP contribution < -0.4 is 11.1 Å². The van der Waals surface area contributed by atoms with E-state index in [0.29, 0.717) is 6.42 Å². The van der Waals surface area contributed by atoms with Gasteiger partial charge in [0.1, 0.15) is 5.82 Å². The minimum Gasteiger partial charge on any atom is -0.370 e. The molecular weight excluding hydrogens is 192 g/mol. The van der Waals surface area contributed by atoms with E-state index >= 15 is 0 Å². The van der Waals surface area contributed by atoms with Crippen LogP contribution >= 0.6 is 0 Å². The van der Waals surface area contributed by atoms with Gasteiger partial charge in [-0.05, 0) is 13.8 Å². The average Bonchev–Trinajstić information content (AvgIpc) is 2.49. The summed E-state index contributed by atoms with van der Waals surface area (Å²) in [4.78, 5) is 14.9. The van der Waals surface area contributed by atoms with E-state index in [1.165, 1.54) is 0 Å². The first-order chi connectivity index (χ1) is 7.00. The Balaban J connectivity index is 2.52. The molecule has 0 saturated carbocycles. The molecular formula is C10H18N4O. The lowest BCUT2D eigenvalue weighted by Gasteiger charge is -2.18. The van der Waals surface area contributed by atoms with Gasteiger partial charge in [-0.2, -0.15) is 0 Å². The van der Waals surface area contributed by atoms with Gasteiger partial charge in [0, 0.05) is 31.9 Å². The standard InChI is InChI=1S/C10H18N4O/c1-7(6-9(11)15)13-8(2)10-12-4-5-14(10)3/h4-5,7-8,13H,6H2,1-3H3,(H2,11,15). The summed E-state index contributed by atoms with van der Waals surface area (Å²) in [7, 11) is 1.94. The number of carbonyl (C=O) groups is 1. The molecule has 1 rings (SSSR count). The van der Waals surface area contributed by atoms with Crippen molar-refractivity contribution in [2.75, 3.05) is 0 Å². The zero-order chi connectivity index (χ0) is 11.4. The van der Waals surface area contributed by atoms with Crippen molar-refractivity contribution in [3.63, 3.8) is 0 Å². The Bertz CT molecular complexity index is 334. The van der Waals surface area contributed by atoms with Gasteiger partial charge < -0.3 is 15.6 Å². The molecule has 2 atom stereocenters. The summed E-state index contributed by atoms with van der Waals surface area (Å²) in [6.07, 6.45) is 3.99. The van der Waals surface area contributed by atoms with Gasteiger partial charge in [0.25, 0.3) is 0 Å². The van der Waals surface area contributed by atoms with Gasteiger partial charge in [0.15, 0.2) is 0 Å². The van der Waals surface area contributed by atoms with Crippen LogP contribution in [0.25, 0.3) is 0 Å². The van der Waals surface area contributed by atoms with Crippen molar-refractivity contribution in [3.8, 4) is 0 Å². The Labute approximate surface area is 89.7 Å². The largest absolute Gasteiger partial charge is 0.370 e. The van der Waals surface area contributed by atoms with Crippen LogP contribution in [0.15, 0.2) is 12.4 Å². The predicted molar refractivity (Wildman–Crippen MR) is 58.0 cm³/mol. The topological polar surface area (TPSA) is 72.9 Å². The molecule has 1 aromatic heterocycles. The average molecular weight is 210 g/mol. The third-order valence-electron chi connectivity index (χ3n) is 2.29. The monoisotopic (exact) mass is 210 g/mol. The fraction of sp³-hybridized carbons (Fsp3) is 0.600. The summed E-state index contributed by atoms with van der Waals surface area (Å²) >= 11 is 0. The van der Waals surface area contributed by atoms with Crippen molar-refractivity contribution in [2.24, 2.45) is 12.8 Å². The number of hydrogen-bond acceptors (Lipinski definition) is 3. The first-order valence-electron chi connectivity index (χ1n) is 5.02. The second kappa shape index (κ2) is 4.93. The van der Waals surface area contributed by atoms with E-state index in [2.05, 4.69) is 10.3 Å². The lowest BCUT2D eigenvalue weighted by molar-refractivity contribution is -0.118. The quantitative estimate of drug-likeness (QED) is 0.735. The van der Waals surface area contributed by atoms with E-state index in [1.807, 2.05) is 31.7 Å². The van der Waals surface area contributed by atoms with E-state index in [-0.39, 0.29) is 18.0 Å². The van der Waals surface area contributed by atoms with Crippen molar-refractivity contribution in [1.29, 1.82) is 0 Å². The van der Waals surface area contributed by atoms with Crippen LogP contribution in [0, 0.1) is 0 Å². The normalized spacial score (nSPS) is 14.9. The van der Waals surface area contributed by atoms with Crippen LogP contribution in [0.2, 0.25) is 0 Å². The number of nitrogens with one attached hydrogen (secondary N) is 1. The third-order valence-corrected chi connectivity index (χ3v) is 2.29. The van der Waals surface area contributed by atoms with E-state index in [1.54, 1.807) is 6.20 Å². The van der Waals surface area contributed by atoms with Crippen LogP contribution in [0.5, 0.6) is 0 Å². The Hall–Kier alpha value is -1.36. The first-order valence-corrected chi connectivity index (χ1v) is 5.02. The van der Waals surface area contributed by atoms with E-state index in [0.717, 1.165) is 5.82 Å². The molecule has 0 bridgehead atoms. The zero-order valence-corrected chi connectivity index (χ0v) is 9.40. The SMILES string of the molecule is CC(CC(N)=O)NC(C)c1nccn1C. The molecule has 5 nitrogen and oxygen atoms in total. The van der Waals surface area contributed by atoms with Crippen LogP contribution in [0.3, 0.4) is 0 Å². The molecule has 0 spiro atoms. The number of imidazole rings is 1. The molecule has 15 heavy (non-hydrogen) atoms. The van der Waals surface area contributed by atoms with Crippen molar-refractivity contribution in [1.82, 2.24) is 14.9 Å². The highest BCUT2D eigenvalue weighted by molar-refractivity contribution is 5.74. The summed E-state index contributed by atoms with van der Waals surface area (Å²) in [6, 6.07) is 0.175. The van der Waals surface area contributed by atoms with Crippen molar-refractivity contribution < 1.29 is 4.79 Å². The van der Waals surface area contributed by atoms with Crippen molar-refractivity contribution in [3.05, 3.63) is 18.2 Å². The number of amides is 1. The molecule has 0 aromatic carbocycles. The Kier molecular flexibility index (Phi) is 3.85. The fourth-order valence-electron chi connectivity index (χ4n) is 1.66. The first kappa shape index (κ1) is 11.7. The summed E-state index contributed by atoms with van der Waals surface area (Å²) < 4.78 is 1.95. The van der Waals surface area contributed by atoms with Crippen LogP contribution in [0.1, 0.15) is 32.1 Å². The lowest BCUT2D eigenvalue weighted by atomic mass is 10.2. The molecule has 0 fully saturated rings. The van der Waals surface area contributed by atoms with Gasteiger partial charge in [-0.15, -0.1) is 0 Å². The van der Waals surface area contributed by atoms with Crippen LogP contribution in [-0.2, 0) is 11.8 Å². The molecule has 2 unspecified atom stereocenters. The molecule has 5 heteroatoms. The van der Waals surface area contributed by atoms with Gasteiger partial charge >= 0.3 is 0 Å². The van der Waals surface area contributed by atoms with Gasteiger partial charge in [0.05, 0.1) is 6.04 Å². The number of nitrogens with two attached hydrogens (primary N) is 1. The van der Waals surface area contributed by atoms with E-state index in [9.17, 15) is 4.79 Å². The molecule has 0 aliphatic carbocycles. The third kappa shape index (κ3) is 3.36. The van der Waals surface area contributed by atoms with Crippen molar-refractivity contribution in [2.45, 2.75) is 32.4 Å². The van der Waals surface area contributed by atoms with Crippen LogP contribution in [0.4, 0.5) is 0 Å². The minimum absolute atomic E-state index is 0.0641. The van der Waals surface area contributed by atoms with Gasteiger partial charge in [0.2, 0.25) is 5.91 Å². The molecule has 3 N–H and O–H groups in total. The van der Waals surface area contributed by atoms with E-state index < -0.39 is 0 Å². The maximum atomic E-state index is 10.7. The maximum absolute atomic E-state index is 10.7. The number of aryl methyl sites for hydroxylation is 1. The molecule has 0 saturated heterocycles. The molecule has 1 heterocycles. The lowest BCUT2D eigenvalue weighted by Crippen LogP contribution is -2.33. The number of rotatable bonds is 5. The number of nitrogens with zero attached hydrogens (tertiary/aromatic N) is 2. The smallest absolute Gasteiger partial charge is 0.218 e. The second-order valence-corrected chi connectivity index (χ2v) is 3.86. The predicted octanol–water partition coefficient (Wildman–Crippen LogP) is 0.335. The second-order valence-electron chi connectivity index (χ2n) is 3.86. The molecule has 1 amide bonds. The number of carbonyl (C=O) groups excluding carboxylic acids is 1. The van der Waals surface area contributed by atoms with E-state index in [4.69, 9.17) is 5.73 Å². The highest BCUT2D eigenvalue weighted by Gasteiger charge is 2.14. The summed E-state index contributed by atoms with van der Waals surface area (Å²) in [5.41, 5.74) is 5.12. The molecule has 0 aliphatic rings. The number of hydrogen-bond donors (Lipinski definition) is 2.